The fourth-order valence-electron chi connectivity index (χ4n) is 3.42. The Kier molecular flexibility index (Phi) is 7.54. The van der Waals surface area contributed by atoms with Crippen LogP contribution in [0.25, 0.3) is 0 Å². The van der Waals surface area contributed by atoms with Crippen molar-refractivity contribution in [3.8, 4) is 17.2 Å². The Hall–Kier alpha value is -3.89. The van der Waals surface area contributed by atoms with Gasteiger partial charge in [0.1, 0.15) is 11.7 Å². The lowest BCUT2D eigenvalue weighted by molar-refractivity contribution is -0.140. The maximum Gasteiger partial charge on any atom is 0.431 e. The number of methoxy groups -OCH3 is 3. The predicted octanol–water partition coefficient (Wildman–Crippen LogP) is 4.20. The van der Waals surface area contributed by atoms with Crippen molar-refractivity contribution in [3.05, 3.63) is 59.3 Å². The molecule has 1 unspecified atom stereocenters. The van der Waals surface area contributed by atoms with E-state index < -0.39 is 29.5 Å². The maximum absolute atomic E-state index is 14.1. The van der Waals surface area contributed by atoms with Gasteiger partial charge in [-0.05, 0) is 36.8 Å². The Morgan fingerprint density at radius 3 is 2.18 bits per heavy atom. The second-order valence-electron chi connectivity index (χ2n) is 6.96. The van der Waals surface area contributed by atoms with Gasteiger partial charge in [0.25, 0.3) is 0 Å². The summed E-state index contributed by atoms with van der Waals surface area (Å²) in [4.78, 5) is 17.1. The average Bonchev–Trinajstić information content (AvgIpc) is 2.82. The molecule has 2 N–H and O–H groups in total. The molecule has 0 aromatic heterocycles. The van der Waals surface area contributed by atoms with Crippen molar-refractivity contribution < 1.29 is 36.9 Å². The zero-order chi connectivity index (χ0) is 24.9. The molecule has 1 atom stereocenters. The number of nitrogens with one attached hydrogen (secondary N) is 2. The van der Waals surface area contributed by atoms with Crippen LogP contribution in [0.4, 0.5) is 18.9 Å². The number of hydrogen-bond acceptors (Lipinski definition) is 8. The van der Waals surface area contributed by atoms with Crippen LogP contribution in [-0.4, -0.2) is 46.0 Å². The van der Waals surface area contributed by atoms with Gasteiger partial charge in [-0.15, -0.1) is 0 Å². The summed E-state index contributed by atoms with van der Waals surface area (Å²) in [7, 11) is 4.15. The quantitative estimate of drug-likeness (QED) is 0.575. The molecule has 2 aromatic carbocycles. The maximum atomic E-state index is 14.1. The van der Waals surface area contributed by atoms with Gasteiger partial charge in [0, 0.05) is 5.69 Å². The summed E-state index contributed by atoms with van der Waals surface area (Å²) < 4.78 is 63.3. The van der Waals surface area contributed by atoms with Gasteiger partial charge in [-0.3, -0.25) is 0 Å². The minimum Gasteiger partial charge on any atom is -0.493 e. The van der Waals surface area contributed by atoms with Gasteiger partial charge in [0.05, 0.1) is 33.5 Å². The molecule has 0 amide bonds. The molecule has 0 aliphatic carbocycles. The van der Waals surface area contributed by atoms with Gasteiger partial charge in [-0.25, -0.2) is 9.79 Å². The summed E-state index contributed by atoms with van der Waals surface area (Å²) in [6, 6.07) is 10.0. The first-order valence-electron chi connectivity index (χ1n) is 10.2. The highest BCUT2D eigenvalue weighted by Gasteiger charge is 2.45. The number of carbonyl (C=O) groups excluding carboxylic acids is 1. The predicted molar refractivity (Wildman–Crippen MR) is 119 cm³/mol. The number of para-hydroxylation sites is 1. The van der Waals surface area contributed by atoms with Crippen LogP contribution in [0, 0.1) is 0 Å². The average molecular weight is 479 g/mol. The third kappa shape index (κ3) is 5.19. The Labute approximate surface area is 194 Å². The molecule has 0 saturated carbocycles. The molecule has 1 heterocycles. The van der Waals surface area contributed by atoms with Crippen molar-refractivity contribution in [2.45, 2.75) is 19.1 Å². The summed E-state index contributed by atoms with van der Waals surface area (Å²) in [6.07, 6.45) is -4.90. The number of esters is 1. The lowest BCUT2D eigenvalue weighted by atomic mass is 9.95. The molecule has 0 radical (unpaired) electrons. The highest BCUT2D eigenvalue weighted by molar-refractivity contribution is 6.00. The van der Waals surface area contributed by atoms with Crippen molar-refractivity contribution >= 4 is 17.6 Å². The number of alkyl halides is 3. The van der Waals surface area contributed by atoms with Gasteiger partial charge >= 0.3 is 12.1 Å². The van der Waals surface area contributed by atoms with Crippen LogP contribution in [-0.2, 0) is 9.53 Å². The molecule has 34 heavy (non-hydrogen) atoms. The van der Waals surface area contributed by atoms with Crippen LogP contribution >= 0.6 is 0 Å². The van der Waals surface area contributed by atoms with E-state index in [4.69, 9.17) is 18.9 Å². The molecule has 0 fully saturated rings. The van der Waals surface area contributed by atoms with E-state index in [0.29, 0.717) is 5.69 Å². The summed E-state index contributed by atoms with van der Waals surface area (Å²) >= 11 is 0. The zero-order valence-corrected chi connectivity index (χ0v) is 18.9. The van der Waals surface area contributed by atoms with Gasteiger partial charge in [-0.1, -0.05) is 18.2 Å². The van der Waals surface area contributed by atoms with E-state index in [1.807, 2.05) is 0 Å². The monoisotopic (exact) mass is 479 g/mol. The molecular weight excluding hydrogens is 455 g/mol. The third-order valence-corrected chi connectivity index (χ3v) is 4.86. The number of benzene rings is 2. The number of guanidine groups is 1. The van der Waals surface area contributed by atoms with E-state index in [1.54, 1.807) is 30.3 Å². The fourth-order valence-corrected chi connectivity index (χ4v) is 3.42. The molecule has 1 aliphatic rings. The molecule has 3 rings (SSSR count). The summed E-state index contributed by atoms with van der Waals surface area (Å²) in [5.74, 6) is -0.722. The van der Waals surface area contributed by atoms with Crippen molar-refractivity contribution in [2.24, 2.45) is 4.99 Å². The number of carbonyl (C=O) groups is 1. The number of halogens is 3. The number of nitrogens with zero attached hydrogens (tertiary/aromatic N) is 1. The molecule has 2 aromatic rings. The first-order chi connectivity index (χ1) is 16.2. The standard InChI is InChI=1S/C23H24F3N3O5/c1-5-34-21(30)17-18(13-11-15(31-2)19(33-4)16(12-13)32-3)28-22(29-20(17)23(24,25)26)27-14-9-7-6-8-10-14/h6-12,18H,5H2,1-4H3,(H2,27,28,29). The van der Waals surface area contributed by atoms with E-state index in [0.717, 1.165) is 0 Å². The summed E-state index contributed by atoms with van der Waals surface area (Å²) in [5, 5.41) is 5.04. The van der Waals surface area contributed by atoms with E-state index >= 15 is 0 Å². The Morgan fingerprint density at radius 1 is 1.06 bits per heavy atom. The van der Waals surface area contributed by atoms with Gasteiger partial charge in [-0.2, -0.15) is 13.2 Å². The van der Waals surface area contributed by atoms with Gasteiger partial charge < -0.3 is 29.6 Å². The minimum absolute atomic E-state index is 0.117. The van der Waals surface area contributed by atoms with Crippen molar-refractivity contribution in [3.63, 3.8) is 0 Å². The van der Waals surface area contributed by atoms with E-state index in [2.05, 4.69) is 15.6 Å². The Bertz CT molecular complexity index is 1080. The van der Waals surface area contributed by atoms with Crippen molar-refractivity contribution in [1.29, 1.82) is 0 Å². The van der Waals surface area contributed by atoms with Crippen LogP contribution in [0.2, 0.25) is 0 Å². The van der Waals surface area contributed by atoms with Crippen molar-refractivity contribution in [2.75, 3.05) is 33.3 Å². The number of anilines is 1. The third-order valence-electron chi connectivity index (χ3n) is 4.86. The van der Waals surface area contributed by atoms with Crippen LogP contribution in [0.5, 0.6) is 17.2 Å². The molecule has 8 nitrogen and oxygen atoms in total. The Morgan fingerprint density at radius 2 is 1.68 bits per heavy atom. The molecule has 0 spiro atoms. The topological polar surface area (TPSA) is 90.4 Å². The summed E-state index contributed by atoms with van der Waals surface area (Å²) in [6.45, 7) is 1.39. The number of aliphatic imine (C=N–C) groups is 1. The van der Waals surface area contributed by atoms with Gasteiger partial charge in [0.2, 0.25) is 11.7 Å². The molecule has 182 valence electrons. The Balaban J connectivity index is 2.23. The lowest BCUT2D eigenvalue weighted by Crippen LogP contribution is -2.42. The number of ether oxygens (including phenoxy) is 4. The van der Waals surface area contributed by atoms with Crippen molar-refractivity contribution in [1.82, 2.24) is 5.32 Å². The fraction of sp³-hybridized carbons (Fsp3) is 0.304. The molecule has 1 aliphatic heterocycles. The smallest absolute Gasteiger partial charge is 0.431 e. The second kappa shape index (κ2) is 10.4. The molecular formula is C23H24F3N3O5. The minimum atomic E-state index is -4.90. The molecule has 0 saturated heterocycles. The zero-order valence-electron chi connectivity index (χ0n) is 18.9. The second-order valence-corrected chi connectivity index (χ2v) is 6.96. The SMILES string of the molecule is CCOC(=O)C1=C(C(F)(F)F)NC(Nc2ccccc2)=NC1c1cc(OC)c(OC)c(OC)c1. The first kappa shape index (κ1) is 24.7. The van der Waals surface area contributed by atoms with E-state index in [-0.39, 0.29) is 35.4 Å². The van der Waals surface area contributed by atoms with Gasteiger partial charge in [0.15, 0.2) is 11.5 Å². The largest absolute Gasteiger partial charge is 0.493 e. The van der Waals surface area contributed by atoms with Crippen LogP contribution in [0.1, 0.15) is 18.5 Å². The van der Waals surface area contributed by atoms with Crippen LogP contribution < -0.4 is 24.8 Å². The number of hydrogen-bond donors (Lipinski definition) is 2. The van der Waals surface area contributed by atoms with Crippen LogP contribution in [0.3, 0.4) is 0 Å². The number of allylic oxidation sites excluding steroid dienone is 1. The van der Waals surface area contributed by atoms with Crippen LogP contribution in [0.15, 0.2) is 58.7 Å². The van der Waals surface area contributed by atoms with E-state index in [1.165, 1.54) is 40.4 Å². The van der Waals surface area contributed by atoms with E-state index in [9.17, 15) is 18.0 Å². The first-order valence-corrected chi connectivity index (χ1v) is 10.2. The highest BCUT2D eigenvalue weighted by Crippen LogP contribution is 2.44. The normalized spacial score (nSPS) is 15.7. The molecule has 0 bridgehead atoms. The molecule has 11 heteroatoms. The highest BCUT2D eigenvalue weighted by atomic mass is 19.4. The summed E-state index contributed by atoms with van der Waals surface area (Å²) in [5.41, 5.74) is -1.27. The lowest BCUT2D eigenvalue weighted by Gasteiger charge is -2.29. The number of rotatable bonds is 7.